The summed E-state index contributed by atoms with van der Waals surface area (Å²) in [6.07, 6.45) is -0.287. The van der Waals surface area contributed by atoms with Gasteiger partial charge in [-0.3, -0.25) is 9.69 Å². The summed E-state index contributed by atoms with van der Waals surface area (Å²) in [4.78, 5) is 27.9. The number of carbonyl (C=O) groups is 2. The number of ether oxygens (including phenoxy) is 1. The fourth-order valence-electron chi connectivity index (χ4n) is 2.35. The number of hydrogen-bond acceptors (Lipinski definition) is 4. The van der Waals surface area contributed by atoms with Gasteiger partial charge in [-0.2, -0.15) is 0 Å². The van der Waals surface area contributed by atoms with Gasteiger partial charge >= 0.3 is 6.09 Å². The smallest absolute Gasteiger partial charge is 0.410 e. The molecule has 0 unspecified atom stereocenters. The Hall–Kier alpha value is -1.35. The zero-order valence-electron chi connectivity index (χ0n) is 14.3. The van der Waals surface area contributed by atoms with Crippen LogP contribution in [0.1, 0.15) is 20.8 Å². The average Bonchev–Trinajstić information content (AvgIpc) is 2.48. The molecule has 0 saturated carbocycles. The quantitative estimate of drug-likeness (QED) is 0.728. The summed E-state index contributed by atoms with van der Waals surface area (Å²) in [6.45, 7) is 8.38. The standard InChI is InChI=1S/C17H24IN3O3/c1-17(2,3)24-16(23)21-10-8-20(9-11-21)12-15(22)19-14-6-4-13(18)5-7-14/h4-7H,8-12H2,1-3H3,(H,19,22). The third kappa shape index (κ3) is 6.27. The summed E-state index contributed by atoms with van der Waals surface area (Å²) in [5.74, 6) is -0.0399. The molecule has 132 valence electrons. The first-order valence-corrected chi connectivity index (χ1v) is 9.06. The Morgan fingerprint density at radius 3 is 2.25 bits per heavy atom. The third-order valence-corrected chi connectivity index (χ3v) is 4.24. The Bertz CT molecular complexity index is 576. The lowest BCUT2D eigenvalue weighted by Crippen LogP contribution is -2.51. The van der Waals surface area contributed by atoms with Gasteiger partial charge in [0.05, 0.1) is 6.54 Å². The maximum Gasteiger partial charge on any atom is 0.410 e. The minimum atomic E-state index is -0.485. The average molecular weight is 445 g/mol. The molecule has 1 fully saturated rings. The molecule has 0 spiro atoms. The second-order valence-electron chi connectivity index (χ2n) is 6.80. The predicted molar refractivity (Wildman–Crippen MR) is 102 cm³/mol. The Morgan fingerprint density at radius 2 is 1.71 bits per heavy atom. The van der Waals surface area contributed by atoms with Gasteiger partial charge in [-0.15, -0.1) is 0 Å². The topological polar surface area (TPSA) is 61.9 Å². The summed E-state index contributed by atoms with van der Waals surface area (Å²) in [7, 11) is 0. The van der Waals surface area contributed by atoms with Crippen LogP contribution in [0.3, 0.4) is 0 Å². The largest absolute Gasteiger partial charge is 0.444 e. The number of nitrogens with one attached hydrogen (secondary N) is 1. The van der Waals surface area contributed by atoms with Crippen LogP contribution in [0.4, 0.5) is 10.5 Å². The van der Waals surface area contributed by atoms with Crippen molar-refractivity contribution in [1.29, 1.82) is 0 Å². The van der Waals surface area contributed by atoms with Crippen LogP contribution < -0.4 is 5.32 Å². The van der Waals surface area contributed by atoms with Gasteiger partial charge in [-0.25, -0.2) is 4.79 Å². The lowest BCUT2D eigenvalue weighted by Gasteiger charge is -2.35. The summed E-state index contributed by atoms with van der Waals surface area (Å²) in [5.41, 5.74) is 0.314. The molecule has 2 rings (SSSR count). The first-order valence-electron chi connectivity index (χ1n) is 7.99. The van der Waals surface area contributed by atoms with E-state index in [-0.39, 0.29) is 12.0 Å². The molecule has 1 N–H and O–H groups in total. The molecule has 0 aliphatic carbocycles. The Morgan fingerprint density at radius 1 is 1.12 bits per heavy atom. The van der Waals surface area contributed by atoms with Crippen LogP contribution in [0.15, 0.2) is 24.3 Å². The zero-order valence-corrected chi connectivity index (χ0v) is 16.5. The highest BCUT2D eigenvalue weighted by Gasteiger charge is 2.26. The van der Waals surface area contributed by atoms with Crippen LogP contribution in [0.2, 0.25) is 0 Å². The van der Waals surface area contributed by atoms with E-state index < -0.39 is 5.60 Å². The SMILES string of the molecule is CC(C)(C)OC(=O)N1CCN(CC(=O)Nc2ccc(I)cc2)CC1. The number of carbonyl (C=O) groups excluding carboxylic acids is 2. The molecular formula is C17H24IN3O3. The van der Waals surface area contributed by atoms with Crippen LogP contribution >= 0.6 is 22.6 Å². The molecule has 1 aliphatic heterocycles. The summed E-state index contributed by atoms with van der Waals surface area (Å²) < 4.78 is 6.50. The first kappa shape index (κ1) is 19.0. The van der Waals surface area contributed by atoms with Crippen molar-refractivity contribution in [3.8, 4) is 0 Å². The molecule has 1 saturated heterocycles. The summed E-state index contributed by atoms with van der Waals surface area (Å²) in [6, 6.07) is 7.69. The van der Waals surface area contributed by atoms with E-state index in [2.05, 4.69) is 27.9 Å². The fraction of sp³-hybridized carbons (Fsp3) is 0.529. The molecule has 0 aromatic heterocycles. The van der Waals surface area contributed by atoms with E-state index in [1.807, 2.05) is 49.9 Å². The van der Waals surface area contributed by atoms with E-state index in [1.165, 1.54) is 0 Å². The maximum atomic E-state index is 12.1. The van der Waals surface area contributed by atoms with Crippen molar-refractivity contribution < 1.29 is 14.3 Å². The van der Waals surface area contributed by atoms with Gasteiger partial charge in [-0.05, 0) is 67.6 Å². The number of hydrogen-bond donors (Lipinski definition) is 1. The van der Waals surface area contributed by atoms with Crippen molar-refractivity contribution in [2.75, 3.05) is 38.0 Å². The van der Waals surface area contributed by atoms with Gasteiger partial charge in [0, 0.05) is 35.4 Å². The number of anilines is 1. The van der Waals surface area contributed by atoms with E-state index in [0.29, 0.717) is 32.7 Å². The van der Waals surface area contributed by atoms with E-state index in [4.69, 9.17) is 4.74 Å². The molecule has 6 nitrogen and oxygen atoms in total. The van der Waals surface area contributed by atoms with E-state index in [9.17, 15) is 9.59 Å². The normalized spacial score (nSPS) is 15.9. The Kier molecular flexibility index (Phi) is 6.45. The third-order valence-electron chi connectivity index (χ3n) is 3.52. The lowest BCUT2D eigenvalue weighted by molar-refractivity contribution is -0.117. The van der Waals surface area contributed by atoms with Crippen LogP contribution in [-0.4, -0.2) is 60.1 Å². The second-order valence-corrected chi connectivity index (χ2v) is 8.04. The second kappa shape index (κ2) is 8.15. The van der Waals surface area contributed by atoms with Crippen LogP contribution in [0, 0.1) is 3.57 Å². The van der Waals surface area contributed by atoms with Crippen molar-refractivity contribution in [2.45, 2.75) is 26.4 Å². The molecule has 7 heteroatoms. The highest BCUT2D eigenvalue weighted by atomic mass is 127. The van der Waals surface area contributed by atoms with Crippen molar-refractivity contribution in [1.82, 2.24) is 9.80 Å². The van der Waals surface area contributed by atoms with E-state index >= 15 is 0 Å². The molecule has 1 heterocycles. The summed E-state index contributed by atoms with van der Waals surface area (Å²) >= 11 is 2.23. The van der Waals surface area contributed by atoms with Crippen molar-refractivity contribution in [2.24, 2.45) is 0 Å². The molecule has 24 heavy (non-hydrogen) atoms. The highest BCUT2D eigenvalue weighted by molar-refractivity contribution is 14.1. The van der Waals surface area contributed by atoms with Crippen LogP contribution in [0.25, 0.3) is 0 Å². The highest BCUT2D eigenvalue weighted by Crippen LogP contribution is 2.13. The van der Waals surface area contributed by atoms with E-state index in [0.717, 1.165) is 9.26 Å². The fourth-order valence-corrected chi connectivity index (χ4v) is 2.71. The zero-order chi connectivity index (χ0) is 17.7. The van der Waals surface area contributed by atoms with Gasteiger partial charge in [0.1, 0.15) is 5.60 Å². The van der Waals surface area contributed by atoms with Crippen molar-refractivity contribution in [3.63, 3.8) is 0 Å². The number of nitrogens with zero attached hydrogens (tertiary/aromatic N) is 2. The van der Waals surface area contributed by atoms with Gasteiger partial charge in [-0.1, -0.05) is 0 Å². The molecule has 2 amide bonds. The van der Waals surface area contributed by atoms with Crippen LogP contribution in [-0.2, 0) is 9.53 Å². The Labute approximate surface area is 156 Å². The molecule has 1 aliphatic rings. The first-order chi connectivity index (χ1) is 11.2. The molecule has 1 aromatic carbocycles. The summed E-state index contributed by atoms with van der Waals surface area (Å²) in [5, 5.41) is 2.89. The molecule has 1 aromatic rings. The van der Waals surface area contributed by atoms with E-state index in [1.54, 1.807) is 4.90 Å². The number of amides is 2. The van der Waals surface area contributed by atoms with Crippen molar-refractivity contribution >= 4 is 40.3 Å². The molecule has 0 radical (unpaired) electrons. The molecule has 0 bridgehead atoms. The van der Waals surface area contributed by atoms with Gasteiger partial charge < -0.3 is 15.0 Å². The van der Waals surface area contributed by atoms with Crippen LogP contribution in [0.5, 0.6) is 0 Å². The predicted octanol–water partition coefficient (Wildman–Crippen LogP) is 2.78. The molecule has 0 atom stereocenters. The van der Waals surface area contributed by atoms with Gasteiger partial charge in [0.15, 0.2) is 0 Å². The number of piperazine rings is 1. The minimum Gasteiger partial charge on any atom is -0.444 e. The van der Waals surface area contributed by atoms with Gasteiger partial charge in [0.2, 0.25) is 5.91 Å². The minimum absolute atomic E-state index is 0.0399. The monoisotopic (exact) mass is 445 g/mol. The number of benzene rings is 1. The Balaban J connectivity index is 1.75. The van der Waals surface area contributed by atoms with Crippen molar-refractivity contribution in [3.05, 3.63) is 27.8 Å². The molecular weight excluding hydrogens is 421 g/mol. The number of halogens is 1. The van der Waals surface area contributed by atoms with Gasteiger partial charge in [0.25, 0.3) is 0 Å². The number of rotatable bonds is 3. The maximum absolute atomic E-state index is 12.1. The lowest BCUT2D eigenvalue weighted by atomic mass is 10.2.